The van der Waals surface area contributed by atoms with Gasteiger partial charge >= 0.3 is 0 Å². The first-order chi connectivity index (χ1) is 12.0. The van der Waals surface area contributed by atoms with E-state index in [1.54, 1.807) is 11.3 Å². The van der Waals surface area contributed by atoms with E-state index in [0.29, 0.717) is 5.92 Å². The van der Waals surface area contributed by atoms with E-state index in [0.717, 1.165) is 18.1 Å². The third-order valence-corrected chi connectivity index (χ3v) is 5.67. The first kappa shape index (κ1) is 17.7. The fourth-order valence-corrected chi connectivity index (χ4v) is 4.24. The number of rotatable bonds is 6. The normalized spacial score (nSPS) is 12.2. The summed E-state index contributed by atoms with van der Waals surface area (Å²) in [4.78, 5) is 6.12. The predicted octanol–water partition coefficient (Wildman–Crippen LogP) is 5.87. The van der Waals surface area contributed by atoms with E-state index in [4.69, 9.17) is 4.98 Å². The lowest BCUT2D eigenvalue weighted by Gasteiger charge is -2.17. The van der Waals surface area contributed by atoms with Crippen LogP contribution in [0.1, 0.15) is 45.7 Å². The lowest BCUT2D eigenvalue weighted by molar-refractivity contribution is 0.789. The van der Waals surface area contributed by atoms with Crippen LogP contribution in [0.2, 0.25) is 0 Å². The summed E-state index contributed by atoms with van der Waals surface area (Å²) in [6.07, 6.45) is 0.900. The highest BCUT2D eigenvalue weighted by Gasteiger charge is 2.13. The summed E-state index contributed by atoms with van der Waals surface area (Å²) in [6, 6.07) is 17.1. The molecule has 3 rings (SSSR count). The number of aromatic nitrogens is 1. The first-order valence-corrected chi connectivity index (χ1v) is 9.66. The molecular weight excluding hydrogens is 324 g/mol. The second-order valence-electron chi connectivity index (χ2n) is 6.77. The Labute approximate surface area is 155 Å². The maximum absolute atomic E-state index is 4.82. The van der Waals surface area contributed by atoms with Crippen molar-refractivity contribution in [3.63, 3.8) is 0 Å². The fourth-order valence-electron chi connectivity index (χ4n) is 3.40. The van der Waals surface area contributed by atoms with Gasteiger partial charge in [-0.05, 0) is 48.9 Å². The summed E-state index contributed by atoms with van der Waals surface area (Å²) in [5.74, 6) is 0.461. The minimum atomic E-state index is 0.461. The average Bonchev–Trinajstić information content (AvgIpc) is 2.93. The molecule has 0 aliphatic carbocycles. The highest BCUT2D eigenvalue weighted by molar-refractivity contribution is 7.15. The van der Waals surface area contributed by atoms with Crippen LogP contribution in [-0.4, -0.2) is 11.5 Å². The number of benzene rings is 2. The second kappa shape index (κ2) is 7.83. The molecule has 3 aromatic rings. The molecule has 130 valence electrons. The van der Waals surface area contributed by atoms with Crippen molar-refractivity contribution >= 4 is 16.5 Å². The van der Waals surface area contributed by atoms with Gasteiger partial charge in [0.15, 0.2) is 5.13 Å². The van der Waals surface area contributed by atoms with Crippen LogP contribution < -0.4 is 5.32 Å². The van der Waals surface area contributed by atoms with E-state index in [1.165, 1.54) is 32.8 Å². The molecule has 2 aromatic carbocycles. The SMILES string of the molecule is Cc1cccc(C)c1C(C)CNc1nc(Cc2ccccc2)c(C)s1. The van der Waals surface area contributed by atoms with Crippen molar-refractivity contribution in [1.29, 1.82) is 0 Å². The summed E-state index contributed by atoms with van der Waals surface area (Å²) in [7, 11) is 0. The van der Waals surface area contributed by atoms with Crippen molar-refractivity contribution in [2.75, 3.05) is 11.9 Å². The Morgan fingerprint density at radius 1 is 0.960 bits per heavy atom. The Bertz CT molecular complexity index is 816. The molecule has 0 aliphatic heterocycles. The van der Waals surface area contributed by atoms with Crippen LogP contribution in [0.4, 0.5) is 5.13 Å². The lowest BCUT2D eigenvalue weighted by Crippen LogP contribution is -2.12. The molecule has 0 radical (unpaired) electrons. The van der Waals surface area contributed by atoms with Crippen molar-refractivity contribution in [2.24, 2.45) is 0 Å². The zero-order valence-corrected chi connectivity index (χ0v) is 16.3. The molecule has 3 heteroatoms. The van der Waals surface area contributed by atoms with Gasteiger partial charge in [-0.15, -0.1) is 11.3 Å². The lowest BCUT2D eigenvalue weighted by atomic mass is 9.92. The van der Waals surface area contributed by atoms with Gasteiger partial charge in [-0.1, -0.05) is 55.5 Å². The molecule has 0 fully saturated rings. The number of nitrogens with zero attached hydrogens (tertiary/aromatic N) is 1. The smallest absolute Gasteiger partial charge is 0.183 e. The standard InChI is InChI=1S/C22H26N2S/c1-15-9-8-10-16(2)21(15)17(3)14-23-22-24-20(18(4)25-22)13-19-11-6-5-7-12-19/h5-12,17H,13-14H2,1-4H3,(H,23,24). The van der Waals surface area contributed by atoms with Gasteiger partial charge in [-0.25, -0.2) is 4.98 Å². The first-order valence-electron chi connectivity index (χ1n) is 8.85. The largest absolute Gasteiger partial charge is 0.361 e. The number of aryl methyl sites for hydroxylation is 3. The Balaban J connectivity index is 1.67. The van der Waals surface area contributed by atoms with Crippen molar-refractivity contribution in [2.45, 2.75) is 40.0 Å². The van der Waals surface area contributed by atoms with Crippen molar-refractivity contribution in [3.05, 3.63) is 81.4 Å². The molecule has 0 saturated carbocycles. The molecule has 0 bridgehead atoms. The van der Waals surface area contributed by atoms with Crippen LogP contribution in [0.3, 0.4) is 0 Å². The molecule has 2 nitrogen and oxygen atoms in total. The van der Waals surface area contributed by atoms with Crippen molar-refractivity contribution < 1.29 is 0 Å². The van der Waals surface area contributed by atoms with Crippen LogP contribution in [0, 0.1) is 20.8 Å². The van der Waals surface area contributed by atoms with Crippen LogP contribution >= 0.6 is 11.3 Å². The van der Waals surface area contributed by atoms with E-state index in [9.17, 15) is 0 Å². The third kappa shape index (κ3) is 4.29. The van der Waals surface area contributed by atoms with E-state index < -0.39 is 0 Å². The minimum Gasteiger partial charge on any atom is -0.361 e. The van der Waals surface area contributed by atoms with Gasteiger partial charge < -0.3 is 5.32 Å². The monoisotopic (exact) mass is 350 g/mol. The summed E-state index contributed by atoms with van der Waals surface area (Å²) in [5, 5.41) is 4.58. The van der Waals surface area contributed by atoms with Gasteiger partial charge in [-0.2, -0.15) is 0 Å². The van der Waals surface area contributed by atoms with Crippen molar-refractivity contribution in [3.8, 4) is 0 Å². The Hall–Kier alpha value is -2.13. The Morgan fingerprint density at radius 3 is 2.32 bits per heavy atom. The molecule has 0 amide bonds. The number of thiazole rings is 1. The number of hydrogen-bond donors (Lipinski definition) is 1. The van der Waals surface area contributed by atoms with Gasteiger partial charge in [0, 0.05) is 17.8 Å². The molecule has 1 heterocycles. The highest BCUT2D eigenvalue weighted by atomic mass is 32.1. The van der Waals surface area contributed by atoms with Gasteiger partial charge in [0.1, 0.15) is 0 Å². The summed E-state index contributed by atoms with van der Waals surface area (Å²) in [5.41, 5.74) is 6.68. The zero-order chi connectivity index (χ0) is 17.8. The van der Waals surface area contributed by atoms with Crippen LogP contribution in [0.25, 0.3) is 0 Å². The Kier molecular flexibility index (Phi) is 5.54. The molecule has 0 aliphatic rings. The van der Waals surface area contributed by atoms with E-state index in [-0.39, 0.29) is 0 Å². The van der Waals surface area contributed by atoms with E-state index >= 15 is 0 Å². The van der Waals surface area contributed by atoms with E-state index in [1.807, 2.05) is 0 Å². The van der Waals surface area contributed by atoms with Gasteiger partial charge in [0.05, 0.1) is 5.69 Å². The molecule has 1 atom stereocenters. The zero-order valence-electron chi connectivity index (χ0n) is 15.5. The van der Waals surface area contributed by atoms with E-state index in [2.05, 4.69) is 81.5 Å². The quantitative estimate of drug-likeness (QED) is 0.601. The highest BCUT2D eigenvalue weighted by Crippen LogP contribution is 2.27. The topological polar surface area (TPSA) is 24.9 Å². The molecule has 1 unspecified atom stereocenters. The number of hydrogen-bond acceptors (Lipinski definition) is 3. The molecule has 0 saturated heterocycles. The van der Waals surface area contributed by atoms with Crippen LogP contribution in [0.15, 0.2) is 48.5 Å². The number of nitrogens with one attached hydrogen (secondary N) is 1. The van der Waals surface area contributed by atoms with Crippen molar-refractivity contribution in [1.82, 2.24) is 4.98 Å². The maximum Gasteiger partial charge on any atom is 0.183 e. The van der Waals surface area contributed by atoms with Crippen LogP contribution in [0.5, 0.6) is 0 Å². The maximum atomic E-state index is 4.82. The molecule has 25 heavy (non-hydrogen) atoms. The molecule has 1 aromatic heterocycles. The van der Waals surface area contributed by atoms with Gasteiger partial charge in [0.2, 0.25) is 0 Å². The molecule has 1 N–H and O–H groups in total. The number of anilines is 1. The average molecular weight is 351 g/mol. The summed E-state index contributed by atoms with van der Waals surface area (Å²) >= 11 is 1.76. The van der Waals surface area contributed by atoms with Gasteiger partial charge in [0.25, 0.3) is 0 Å². The van der Waals surface area contributed by atoms with Crippen LogP contribution in [-0.2, 0) is 6.42 Å². The predicted molar refractivity (Wildman–Crippen MR) is 109 cm³/mol. The van der Waals surface area contributed by atoms with Gasteiger partial charge in [-0.3, -0.25) is 0 Å². The second-order valence-corrected chi connectivity index (χ2v) is 7.97. The molecular formula is C22H26N2S. The minimum absolute atomic E-state index is 0.461. The Morgan fingerprint density at radius 2 is 1.64 bits per heavy atom. The fraction of sp³-hybridized carbons (Fsp3) is 0.318. The summed E-state index contributed by atoms with van der Waals surface area (Å²) < 4.78 is 0. The third-order valence-electron chi connectivity index (χ3n) is 4.70. The summed E-state index contributed by atoms with van der Waals surface area (Å²) in [6.45, 7) is 9.75. The molecule has 0 spiro atoms.